The average Bonchev–Trinajstić information content (AvgIpc) is 2.47. The third-order valence-electron chi connectivity index (χ3n) is 3.97. The second-order valence-corrected chi connectivity index (χ2v) is 5.22. The van der Waals surface area contributed by atoms with Crippen LogP contribution in [0, 0.1) is 5.92 Å². The number of nitrogens with two attached hydrogens (primary N) is 1. The lowest BCUT2D eigenvalue weighted by molar-refractivity contribution is -0.146. The van der Waals surface area contributed by atoms with Crippen molar-refractivity contribution in [3.63, 3.8) is 0 Å². The van der Waals surface area contributed by atoms with Gasteiger partial charge in [0.15, 0.2) is 0 Å². The summed E-state index contributed by atoms with van der Waals surface area (Å²) in [7, 11) is 1.35. The Morgan fingerprint density at radius 2 is 2.05 bits per heavy atom. The Balaban J connectivity index is 2.24. The van der Waals surface area contributed by atoms with E-state index in [0.717, 1.165) is 0 Å². The maximum atomic E-state index is 12.5. The van der Waals surface area contributed by atoms with Gasteiger partial charge >= 0.3 is 12.6 Å². The summed E-state index contributed by atoms with van der Waals surface area (Å²) in [4.78, 5) is 11.7. The van der Waals surface area contributed by atoms with Crippen LogP contribution >= 0.6 is 0 Å². The molecule has 1 aliphatic rings. The van der Waals surface area contributed by atoms with Crippen LogP contribution in [0.5, 0.6) is 5.75 Å². The first-order chi connectivity index (χ1) is 10.0. The molecule has 1 aliphatic carbocycles. The molecule has 3 atom stereocenters. The average molecular weight is 299 g/mol. The molecule has 0 amide bonds. The molecule has 21 heavy (non-hydrogen) atoms. The van der Waals surface area contributed by atoms with Crippen LogP contribution in [0.1, 0.15) is 30.7 Å². The zero-order chi connectivity index (χ0) is 15.4. The van der Waals surface area contributed by atoms with E-state index in [-0.39, 0.29) is 29.6 Å². The molecule has 0 bridgehead atoms. The molecular weight excluding hydrogens is 280 g/mol. The van der Waals surface area contributed by atoms with Gasteiger partial charge in [0.25, 0.3) is 0 Å². The van der Waals surface area contributed by atoms with Gasteiger partial charge in [-0.2, -0.15) is 8.78 Å². The Bertz CT molecular complexity index is 496. The van der Waals surface area contributed by atoms with Gasteiger partial charge < -0.3 is 15.2 Å². The molecule has 1 aromatic carbocycles. The highest BCUT2D eigenvalue weighted by Gasteiger charge is 2.35. The fraction of sp³-hybridized carbons (Fsp3) is 0.533. The third kappa shape index (κ3) is 3.69. The number of hydrogen-bond donors (Lipinski definition) is 1. The van der Waals surface area contributed by atoms with E-state index >= 15 is 0 Å². The molecule has 1 fully saturated rings. The van der Waals surface area contributed by atoms with E-state index in [1.54, 1.807) is 18.2 Å². The number of carbonyl (C=O) groups excluding carboxylic acids is 1. The van der Waals surface area contributed by atoms with E-state index in [9.17, 15) is 13.6 Å². The first-order valence-corrected chi connectivity index (χ1v) is 6.90. The van der Waals surface area contributed by atoms with Crippen molar-refractivity contribution in [1.82, 2.24) is 0 Å². The molecule has 0 spiro atoms. The number of carbonyl (C=O) groups is 1. The zero-order valence-electron chi connectivity index (χ0n) is 11.8. The number of para-hydroxylation sites is 1. The minimum absolute atomic E-state index is 0.124. The molecule has 0 radical (unpaired) electrons. The fourth-order valence-electron chi connectivity index (χ4n) is 2.92. The van der Waals surface area contributed by atoms with Gasteiger partial charge in [-0.1, -0.05) is 18.2 Å². The first kappa shape index (κ1) is 15.7. The molecular formula is C15H19F2NO3. The monoisotopic (exact) mass is 299 g/mol. The molecule has 4 nitrogen and oxygen atoms in total. The Hall–Kier alpha value is -1.69. The summed E-state index contributed by atoms with van der Waals surface area (Å²) in [5.74, 6) is -0.602. The maximum Gasteiger partial charge on any atom is 0.387 e. The van der Waals surface area contributed by atoms with Crippen molar-refractivity contribution in [2.75, 3.05) is 7.11 Å². The molecule has 0 aromatic heterocycles. The topological polar surface area (TPSA) is 61.5 Å². The molecule has 116 valence electrons. The van der Waals surface area contributed by atoms with Crippen LogP contribution in [0.2, 0.25) is 0 Å². The lowest BCUT2D eigenvalue weighted by Crippen LogP contribution is -2.37. The van der Waals surface area contributed by atoms with E-state index in [1.165, 1.54) is 13.2 Å². The number of benzene rings is 1. The smallest absolute Gasteiger partial charge is 0.387 e. The van der Waals surface area contributed by atoms with Gasteiger partial charge in [-0.25, -0.2) is 0 Å². The van der Waals surface area contributed by atoms with E-state index < -0.39 is 6.61 Å². The Kier molecular flexibility index (Phi) is 5.12. The van der Waals surface area contributed by atoms with Crippen molar-refractivity contribution in [2.24, 2.45) is 11.7 Å². The third-order valence-corrected chi connectivity index (χ3v) is 3.97. The predicted molar refractivity (Wildman–Crippen MR) is 73.1 cm³/mol. The van der Waals surface area contributed by atoms with Crippen molar-refractivity contribution >= 4 is 5.97 Å². The lowest BCUT2D eigenvalue weighted by Gasteiger charge is -2.33. The van der Waals surface area contributed by atoms with E-state index in [4.69, 9.17) is 10.5 Å². The van der Waals surface area contributed by atoms with Gasteiger partial charge in [-0.05, 0) is 30.9 Å². The van der Waals surface area contributed by atoms with Gasteiger partial charge in [0.05, 0.1) is 13.0 Å². The van der Waals surface area contributed by atoms with E-state index in [2.05, 4.69) is 4.74 Å². The largest absolute Gasteiger partial charge is 0.469 e. The number of methoxy groups -OCH3 is 1. The number of alkyl halides is 2. The Labute approximate surface area is 122 Å². The normalized spacial score (nSPS) is 25.7. The number of ether oxygens (including phenoxy) is 2. The van der Waals surface area contributed by atoms with Gasteiger partial charge in [-0.3, -0.25) is 4.79 Å². The fourth-order valence-corrected chi connectivity index (χ4v) is 2.92. The molecule has 0 saturated heterocycles. The molecule has 2 N–H and O–H groups in total. The standard InChI is InChI=1S/C15H19F2NO3/c1-20-14(19)9-6-7-12(18)11(8-9)10-4-2-3-5-13(10)21-15(16)17/h2-5,9,11-12,15H,6-8,18H2,1H3. The number of esters is 1. The van der Waals surface area contributed by atoms with Crippen LogP contribution in [0.25, 0.3) is 0 Å². The van der Waals surface area contributed by atoms with Gasteiger partial charge in [0.1, 0.15) is 5.75 Å². The minimum atomic E-state index is -2.89. The molecule has 0 aliphatic heterocycles. The Morgan fingerprint density at radius 1 is 1.33 bits per heavy atom. The van der Waals surface area contributed by atoms with Crippen LogP contribution in [0.4, 0.5) is 8.78 Å². The highest BCUT2D eigenvalue weighted by Crippen LogP contribution is 2.40. The van der Waals surface area contributed by atoms with Crippen LogP contribution in [0.15, 0.2) is 24.3 Å². The molecule has 1 saturated carbocycles. The quantitative estimate of drug-likeness (QED) is 0.868. The summed E-state index contributed by atoms with van der Waals surface area (Å²) in [6.07, 6.45) is 1.78. The lowest BCUT2D eigenvalue weighted by atomic mass is 9.75. The van der Waals surface area contributed by atoms with Gasteiger partial charge in [0, 0.05) is 12.0 Å². The number of hydrogen-bond acceptors (Lipinski definition) is 4. The molecule has 0 heterocycles. The summed E-state index contributed by atoms with van der Waals surface area (Å²) in [6.45, 7) is -2.89. The summed E-state index contributed by atoms with van der Waals surface area (Å²) in [5.41, 5.74) is 6.74. The summed E-state index contributed by atoms with van der Waals surface area (Å²) in [6, 6.07) is 6.42. The van der Waals surface area contributed by atoms with Gasteiger partial charge in [0.2, 0.25) is 0 Å². The predicted octanol–water partition coefficient (Wildman–Crippen LogP) is 2.67. The second-order valence-electron chi connectivity index (χ2n) is 5.22. The summed E-state index contributed by atoms with van der Waals surface area (Å²) >= 11 is 0. The minimum Gasteiger partial charge on any atom is -0.469 e. The van der Waals surface area contributed by atoms with Crippen LogP contribution < -0.4 is 10.5 Å². The highest BCUT2D eigenvalue weighted by atomic mass is 19.3. The van der Waals surface area contributed by atoms with Crippen molar-refractivity contribution in [3.05, 3.63) is 29.8 Å². The van der Waals surface area contributed by atoms with Gasteiger partial charge in [-0.15, -0.1) is 0 Å². The number of halogens is 2. The maximum absolute atomic E-state index is 12.5. The SMILES string of the molecule is COC(=O)C1CCC(N)C(c2ccccc2OC(F)F)C1. The van der Waals surface area contributed by atoms with E-state index in [0.29, 0.717) is 24.8 Å². The van der Waals surface area contributed by atoms with Crippen LogP contribution in [0.3, 0.4) is 0 Å². The highest BCUT2D eigenvalue weighted by molar-refractivity contribution is 5.72. The molecule has 2 rings (SSSR count). The zero-order valence-corrected chi connectivity index (χ0v) is 11.8. The van der Waals surface area contributed by atoms with E-state index in [1.807, 2.05) is 0 Å². The Morgan fingerprint density at radius 3 is 2.71 bits per heavy atom. The molecule has 1 aromatic rings. The molecule has 6 heteroatoms. The summed E-state index contributed by atoms with van der Waals surface area (Å²) in [5, 5.41) is 0. The molecule has 3 unspecified atom stereocenters. The second kappa shape index (κ2) is 6.85. The summed E-state index contributed by atoms with van der Waals surface area (Å²) < 4.78 is 34.3. The van der Waals surface area contributed by atoms with Crippen molar-refractivity contribution in [2.45, 2.75) is 37.8 Å². The number of rotatable bonds is 4. The van der Waals surface area contributed by atoms with Crippen molar-refractivity contribution in [3.8, 4) is 5.75 Å². The van der Waals surface area contributed by atoms with Crippen LogP contribution in [-0.4, -0.2) is 25.7 Å². The van der Waals surface area contributed by atoms with Crippen molar-refractivity contribution in [1.29, 1.82) is 0 Å². The first-order valence-electron chi connectivity index (χ1n) is 6.90. The van der Waals surface area contributed by atoms with Crippen molar-refractivity contribution < 1.29 is 23.0 Å². The van der Waals surface area contributed by atoms with Crippen LogP contribution in [-0.2, 0) is 9.53 Å².